The van der Waals surface area contributed by atoms with E-state index in [4.69, 9.17) is 9.57 Å². The molecule has 2 saturated heterocycles. The average molecular weight is 465 g/mol. The van der Waals surface area contributed by atoms with Crippen molar-refractivity contribution >= 4 is 27.1 Å². The molecule has 0 aliphatic carbocycles. The van der Waals surface area contributed by atoms with Crippen LogP contribution in [0.3, 0.4) is 0 Å². The van der Waals surface area contributed by atoms with Crippen LogP contribution >= 0.6 is 11.3 Å². The Morgan fingerprint density at radius 1 is 1.26 bits per heavy atom. The molecule has 1 unspecified atom stereocenters. The molecular formula is C22H28N2O5S2. The second-order valence-corrected chi connectivity index (χ2v) is 11.7. The van der Waals surface area contributed by atoms with Crippen LogP contribution in [0.15, 0.2) is 30.5 Å². The summed E-state index contributed by atoms with van der Waals surface area (Å²) in [5.41, 5.74) is 4.30. The predicted octanol–water partition coefficient (Wildman–Crippen LogP) is 3.88. The summed E-state index contributed by atoms with van der Waals surface area (Å²) in [6.07, 6.45) is 5.63. The molecule has 2 aliphatic rings. The molecule has 31 heavy (non-hydrogen) atoms. The molecule has 1 amide bonds. The summed E-state index contributed by atoms with van der Waals surface area (Å²) in [6, 6.07) is 7.67. The Morgan fingerprint density at radius 3 is 2.84 bits per heavy atom. The van der Waals surface area contributed by atoms with Crippen molar-refractivity contribution in [1.82, 2.24) is 10.5 Å². The summed E-state index contributed by atoms with van der Waals surface area (Å²) < 4.78 is 30.8. The number of thiophene rings is 1. The molecule has 2 fully saturated rings. The molecule has 2 aliphatic heterocycles. The maximum atomic E-state index is 13.3. The molecule has 0 aromatic carbocycles. The first-order chi connectivity index (χ1) is 14.9. The lowest BCUT2D eigenvalue weighted by Gasteiger charge is -2.35. The lowest BCUT2D eigenvalue weighted by atomic mass is 9.94. The van der Waals surface area contributed by atoms with Crippen molar-refractivity contribution in [3.05, 3.63) is 41.0 Å². The first-order valence-electron chi connectivity index (χ1n) is 10.7. The first kappa shape index (κ1) is 22.4. The number of carbonyl (C=O) groups excluding carboxylic acids is 1. The van der Waals surface area contributed by atoms with E-state index in [1.165, 1.54) is 11.3 Å². The molecule has 0 radical (unpaired) electrons. The summed E-state index contributed by atoms with van der Waals surface area (Å²) >= 11 is 1.42. The highest BCUT2D eigenvalue weighted by Gasteiger charge is 2.49. The summed E-state index contributed by atoms with van der Waals surface area (Å²) in [6.45, 7) is 2.52. The van der Waals surface area contributed by atoms with E-state index in [9.17, 15) is 13.2 Å². The van der Waals surface area contributed by atoms with E-state index in [2.05, 4.69) is 10.5 Å². The Balaban J connectivity index is 1.57. The number of sulfone groups is 1. The third-order valence-electron chi connectivity index (χ3n) is 5.98. The van der Waals surface area contributed by atoms with Gasteiger partial charge in [-0.1, -0.05) is 12.5 Å². The Bertz CT molecular complexity index is 1010. The number of hydrogen-bond donors (Lipinski definition) is 1. The Morgan fingerprint density at radius 2 is 2.13 bits per heavy atom. The lowest BCUT2D eigenvalue weighted by Crippen LogP contribution is -2.45. The van der Waals surface area contributed by atoms with E-state index < -0.39 is 26.8 Å². The molecule has 0 saturated carbocycles. The molecule has 4 heterocycles. The van der Waals surface area contributed by atoms with Gasteiger partial charge in [-0.15, -0.1) is 11.3 Å². The second kappa shape index (κ2) is 9.36. The van der Waals surface area contributed by atoms with Crippen LogP contribution in [-0.2, 0) is 29.0 Å². The van der Waals surface area contributed by atoms with Gasteiger partial charge >= 0.3 is 0 Å². The van der Waals surface area contributed by atoms with Gasteiger partial charge in [-0.2, -0.15) is 0 Å². The molecule has 2 aromatic rings. The van der Waals surface area contributed by atoms with Gasteiger partial charge in [0.15, 0.2) is 16.1 Å². The number of amides is 1. The topological polar surface area (TPSA) is 94.6 Å². The highest BCUT2D eigenvalue weighted by molar-refractivity contribution is 7.92. The number of carbonyl (C=O) groups is 1. The quantitative estimate of drug-likeness (QED) is 0.652. The van der Waals surface area contributed by atoms with E-state index >= 15 is 0 Å². The molecule has 168 valence electrons. The van der Waals surface area contributed by atoms with Crippen LogP contribution in [0, 0.1) is 6.92 Å². The minimum atomic E-state index is -3.50. The largest absolute Gasteiger partial charge is 0.350 e. The van der Waals surface area contributed by atoms with Crippen LogP contribution < -0.4 is 5.48 Å². The van der Waals surface area contributed by atoms with E-state index in [1.807, 2.05) is 31.2 Å². The SMILES string of the molecule is Cc1ccc(-c2ccc([C@@]3(CC(=O)NOC4CCCCO4)CCCCS3(=O)=O)s2)cn1. The smallest absolute Gasteiger partial charge is 0.245 e. The number of pyridine rings is 1. The van der Waals surface area contributed by atoms with Crippen molar-refractivity contribution < 1.29 is 22.8 Å². The Kier molecular flexibility index (Phi) is 6.76. The van der Waals surface area contributed by atoms with Crippen LogP contribution in [0.1, 0.15) is 55.5 Å². The summed E-state index contributed by atoms with van der Waals surface area (Å²) in [5, 5.41) is 0. The van der Waals surface area contributed by atoms with Crippen LogP contribution in [0.5, 0.6) is 0 Å². The number of aromatic nitrogens is 1. The van der Waals surface area contributed by atoms with Crippen molar-refractivity contribution in [3.8, 4) is 10.4 Å². The molecule has 9 heteroatoms. The fourth-order valence-electron chi connectivity index (χ4n) is 4.20. The van der Waals surface area contributed by atoms with Gasteiger partial charge in [-0.3, -0.25) is 9.78 Å². The minimum Gasteiger partial charge on any atom is -0.350 e. The van der Waals surface area contributed by atoms with E-state index in [0.29, 0.717) is 30.7 Å². The van der Waals surface area contributed by atoms with Crippen LogP contribution in [0.4, 0.5) is 0 Å². The number of nitrogens with one attached hydrogen (secondary N) is 1. The van der Waals surface area contributed by atoms with Gasteiger partial charge in [0.05, 0.1) is 12.2 Å². The molecule has 4 rings (SSSR count). The van der Waals surface area contributed by atoms with E-state index in [0.717, 1.165) is 35.4 Å². The molecule has 2 atom stereocenters. The molecule has 0 spiro atoms. The number of hydrogen-bond acceptors (Lipinski definition) is 7. The van der Waals surface area contributed by atoms with Crippen molar-refractivity contribution in [3.63, 3.8) is 0 Å². The zero-order valence-electron chi connectivity index (χ0n) is 17.6. The molecule has 1 N–H and O–H groups in total. The number of rotatable bonds is 6. The third-order valence-corrected chi connectivity index (χ3v) is 10.0. The molecular weight excluding hydrogens is 436 g/mol. The van der Waals surface area contributed by atoms with Gasteiger partial charge in [-0.25, -0.2) is 18.7 Å². The number of hydroxylamine groups is 1. The Hall–Kier alpha value is -1.81. The second-order valence-electron chi connectivity index (χ2n) is 8.24. The van der Waals surface area contributed by atoms with Crippen molar-refractivity contribution in [2.75, 3.05) is 12.4 Å². The maximum absolute atomic E-state index is 13.3. The normalized spacial score (nSPS) is 25.8. The number of aryl methyl sites for hydroxylation is 1. The average Bonchev–Trinajstić information content (AvgIpc) is 3.26. The third kappa shape index (κ3) is 4.84. The highest BCUT2D eigenvalue weighted by atomic mass is 32.2. The number of ether oxygens (including phenoxy) is 1. The zero-order valence-corrected chi connectivity index (χ0v) is 19.3. The van der Waals surface area contributed by atoms with Crippen LogP contribution in [-0.4, -0.2) is 38.0 Å². The maximum Gasteiger partial charge on any atom is 0.245 e. The van der Waals surface area contributed by atoms with Gasteiger partial charge in [0.1, 0.15) is 4.75 Å². The highest BCUT2D eigenvalue weighted by Crippen LogP contribution is 2.47. The van der Waals surface area contributed by atoms with Crippen LogP contribution in [0.2, 0.25) is 0 Å². The number of nitrogens with zero attached hydrogens (tertiary/aromatic N) is 1. The predicted molar refractivity (Wildman–Crippen MR) is 119 cm³/mol. The monoisotopic (exact) mass is 464 g/mol. The van der Waals surface area contributed by atoms with E-state index in [-0.39, 0.29) is 12.2 Å². The fraction of sp³-hybridized carbons (Fsp3) is 0.545. The molecule has 2 aromatic heterocycles. The summed E-state index contributed by atoms with van der Waals surface area (Å²) in [4.78, 5) is 24.1. The van der Waals surface area contributed by atoms with Gasteiger partial charge in [0.2, 0.25) is 5.91 Å². The van der Waals surface area contributed by atoms with E-state index in [1.54, 1.807) is 6.20 Å². The standard InChI is InChI=1S/C22H28N2O5S2/c1-16-7-8-17(15-23-16)18-9-10-19(30-18)22(11-3-5-13-31(22,26)27)14-20(25)24-29-21-6-2-4-12-28-21/h7-10,15,21H,2-6,11-14H2,1H3,(H,24,25)/t21?,22-/m0/s1. The first-order valence-corrected chi connectivity index (χ1v) is 13.2. The van der Waals surface area contributed by atoms with Gasteiger partial charge in [0, 0.05) is 40.2 Å². The van der Waals surface area contributed by atoms with Gasteiger partial charge in [-0.05, 0) is 50.8 Å². The van der Waals surface area contributed by atoms with Gasteiger partial charge in [0.25, 0.3) is 0 Å². The van der Waals surface area contributed by atoms with Crippen LogP contribution in [0.25, 0.3) is 10.4 Å². The summed E-state index contributed by atoms with van der Waals surface area (Å²) in [5.74, 6) is -0.349. The summed E-state index contributed by atoms with van der Waals surface area (Å²) in [7, 11) is -3.50. The zero-order chi connectivity index (χ0) is 21.9. The minimum absolute atomic E-state index is 0.0895. The lowest BCUT2D eigenvalue weighted by molar-refractivity contribution is -0.200. The molecule has 7 nitrogen and oxygen atoms in total. The Labute approximate surface area is 187 Å². The molecule has 0 bridgehead atoms. The van der Waals surface area contributed by atoms with Crippen molar-refractivity contribution in [2.45, 2.75) is 62.9 Å². The van der Waals surface area contributed by atoms with Gasteiger partial charge < -0.3 is 4.74 Å². The fourth-order valence-corrected chi connectivity index (χ4v) is 7.97. The van der Waals surface area contributed by atoms with Crippen molar-refractivity contribution in [2.24, 2.45) is 0 Å². The van der Waals surface area contributed by atoms with Crippen molar-refractivity contribution in [1.29, 1.82) is 0 Å².